The molecule has 0 radical (unpaired) electrons. The van der Waals surface area contributed by atoms with Crippen LogP contribution >= 0.6 is 27.7 Å². The highest BCUT2D eigenvalue weighted by Gasteiger charge is 2.13. The molecule has 116 valence electrons. The van der Waals surface area contributed by atoms with Crippen molar-refractivity contribution in [1.29, 1.82) is 0 Å². The number of nitrogens with zero attached hydrogens (tertiary/aromatic N) is 2. The molecule has 0 aliphatic rings. The minimum Gasteiger partial charge on any atom is -0.437 e. The third kappa shape index (κ3) is 4.08. The molecule has 1 heterocycles. The minimum atomic E-state index is -0.501. The lowest BCUT2D eigenvalue weighted by atomic mass is 10.3. The molecule has 22 heavy (non-hydrogen) atoms. The fourth-order valence-electron chi connectivity index (χ4n) is 1.54. The molecular weight excluding hydrogens is 374 g/mol. The molecule has 2 rings (SSSR count). The zero-order chi connectivity index (χ0) is 16.3. The van der Waals surface area contributed by atoms with Crippen molar-refractivity contribution < 1.29 is 14.1 Å². The summed E-state index contributed by atoms with van der Waals surface area (Å²) in [5, 5.41) is 13.8. The van der Waals surface area contributed by atoms with E-state index in [1.54, 1.807) is 6.92 Å². The van der Waals surface area contributed by atoms with E-state index in [0.29, 0.717) is 15.4 Å². The maximum atomic E-state index is 11.9. The van der Waals surface area contributed by atoms with Crippen molar-refractivity contribution in [3.05, 3.63) is 44.2 Å². The van der Waals surface area contributed by atoms with Crippen LogP contribution in [0.2, 0.25) is 0 Å². The third-order valence-corrected chi connectivity index (χ3v) is 4.26. The molecule has 0 saturated heterocycles. The van der Waals surface area contributed by atoms with Crippen molar-refractivity contribution in [2.75, 3.05) is 11.1 Å². The van der Waals surface area contributed by atoms with Crippen LogP contribution in [0, 0.1) is 24.0 Å². The van der Waals surface area contributed by atoms with Crippen LogP contribution < -0.4 is 5.32 Å². The Morgan fingerprint density at radius 1 is 1.50 bits per heavy atom. The summed E-state index contributed by atoms with van der Waals surface area (Å²) in [6.45, 7) is 3.64. The summed E-state index contributed by atoms with van der Waals surface area (Å²) in [5.74, 6) is 0.595. The highest BCUT2D eigenvalue weighted by molar-refractivity contribution is 9.10. The average Bonchev–Trinajstić information content (AvgIpc) is 2.77. The van der Waals surface area contributed by atoms with Gasteiger partial charge in [0.05, 0.1) is 22.1 Å². The van der Waals surface area contributed by atoms with Crippen LogP contribution in [0.3, 0.4) is 0 Å². The molecule has 1 N–H and O–H groups in total. The zero-order valence-corrected chi connectivity index (χ0v) is 14.2. The van der Waals surface area contributed by atoms with Gasteiger partial charge in [-0.3, -0.25) is 14.9 Å². The van der Waals surface area contributed by atoms with E-state index in [1.807, 2.05) is 6.92 Å². The number of oxazole rings is 1. The zero-order valence-electron chi connectivity index (χ0n) is 11.8. The molecule has 0 bridgehead atoms. The molecule has 2 aromatic rings. The fraction of sp³-hybridized carbons (Fsp3) is 0.231. The molecule has 0 fully saturated rings. The highest BCUT2D eigenvalue weighted by Crippen LogP contribution is 2.27. The van der Waals surface area contributed by atoms with Gasteiger partial charge in [-0.1, -0.05) is 11.8 Å². The first-order valence-corrected chi connectivity index (χ1v) is 7.95. The monoisotopic (exact) mass is 385 g/mol. The predicted octanol–water partition coefficient (Wildman–Crippen LogP) is 3.69. The Morgan fingerprint density at radius 3 is 2.77 bits per heavy atom. The van der Waals surface area contributed by atoms with Gasteiger partial charge in [0.15, 0.2) is 0 Å². The summed E-state index contributed by atoms with van der Waals surface area (Å²) in [6, 6.07) is 4.14. The summed E-state index contributed by atoms with van der Waals surface area (Å²) < 4.78 is 5.82. The van der Waals surface area contributed by atoms with Gasteiger partial charge < -0.3 is 9.73 Å². The Labute approximate surface area is 138 Å². The quantitative estimate of drug-likeness (QED) is 0.478. The summed E-state index contributed by atoms with van der Waals surface area (Å²) in [6.07, 6.45) is 0. The topological polar surface area (TPSA) is 98.3 Å². The molecule has 0 saturated carbocycles. The number of halogens is 1. The summed E-state index contributed by atoms with van der Waals surface area (Å²) >= 11 is 4.38. The van der Waals surface area contributed by atoms with Crippen molar-refractivity contribution >= 4 is 45.0 Å². The lowest BCUT2D eigenvalue weighted by molar-refractivity contribution is -0.384. The first kappa shape index (κ1) is 16.5. The molecule has 7 nitrogen and oxygen atoms in total. The van der Waals surface area contributed by atoms with E-state index in [0.717, 1.165) is 11.5 Å². The predicted molar refractivity (Wildman–Crippen MR) is 86.1 cm³/mol. The van der Waals surface area contributed by atoms with Crippen LogP contribution in [0.5, 0.6) is 0 Å². The van der Waals surface area contributed by atoms with E-state index in [1.165, 1.54) is 30.0 Å². The first-order chi connectivity index (χ1) is 10.4. The Morgan fingerprint density at radius 2 is 2.23 bits per heavy atom. The highest BCUT2D eigenvalue weighted by atomic mass is 79.9. The fourth-order valence-corrected chi connectivity index (χ4v) is 2.72. The molecule has 1 aromatic heterocycles. The lowest BCUT2D eigenvalue weighted by Crippen LogP contribution is -2.14. The van der Waals surface area contributed by atoms with Gasteiger partial charge in [-0.15, -0.1) is 0 Å². The number of thioether (sulfide) groups is 1. The van der Waals surface area contributed by atoms with E-state index in [9.17, 15) is 14.9 Å². The second kappa shape index (κ2) is 6.93. The van der Waals surface area contributed by atoms with Crippen LogP contribution in [0.1, 0.15) is 11.5 Å². The number of hydrogen-bond donors (Lipinski definition) is 1. The molecule has 0 aliphatic heterocycles. The van der Waals surface area contributed by atoms with Crippen molar-refractivity contribution in [3.63, 3.8) is 0 Å². The van der Waals surface area contributed by atoms with Crippen molar-refractivity contribution in [1.82, 2.24) is 4.98 Å². The van der Waals surface area contributed by atoms with Crippen LogP contribution in [-0.4, -0.2) is 21.6 Å². The number of amides is 1. The molecule has 1 aromatic carbocycles. The number of hydrogen-bond acceptors (Lipinski definition) is 6. The number of nitrogens with one attached hydrogen (secondary N) is 1. The number of carbonyl (C=O) groups is 1. The smallest absolute Gasteiger partial charge is 0.270 e. The summed E-state index contributed by atoms with van der Waals surface area (Å²) in [4.78, 5) is 26.2. The van der Waals surface area contributed by atoms with Crippen LogP contribution in [0.25, 0.3) is 0 Å². The largest absolute Gasteiger partial charge is 0.437 e. The number of benzene rings is 1. The van der Waals surface area contributed by atoms with Crippen molar-refractivity contribution in [2.45, 2.75) is 19.1 Å². The van der Waals surface area contributed by atoms with Crippen molar-refractivity contribution in [2.24, 2.45) is 0 Å². The number of nitro benzene ring substituents is 1. The summed E-state index contributed by atoms with van der Waals surface area (Å²) in [7, 11) is 0. The normalized spacial score (nSPS) is 10.5. The van der Waals surface area contributed by atoms with Gasteiger partial charge >= 0.3 is 0 Å². The first-order valence-electron chi connectivity index (χ1n) is 6.17. The Bertz CT molecular complexity index is 713. The van der Waals surface area contributed by atoms with E-state index in [4.69, 9.17) is 4.42 Å². The van der Waals surface area contributed by atoms with Crippen molar-refractivity contribution in [3.8, 4) is 0 Å². The van der Waals surface area contributed by atoms with Gasteiger partial charge in [-0.25, -0.2) is 4.98 Å². The number of aryl methyl sites for hydroxylation is 2. The van der Waals surface area contributed by atoms with Gasteiger partial charge in [0.2, 0.25) is 5.91 Å². The summed E-state index contributed by atoms with van der Waals surface area (Å²) in [5.41, 5.74) is 1.21. The second-order valence-corrected chi connectivity index (χ2v) is 6.16. The van der Waals surface area contributed by atoms with Gasteiger partial charge in [0, 0.05) is 16.6 Å². The van der Waals surface area contributed by atoms with E-state index in [-0.39, 0.29) is 17.3 Å². The number of aromatic nitrogens is 1. The van der Waals surface area contributed by atoms with E-state index in [2.05, 4.69) is 26.2 Å². The van der Waals surface area contributed by atoms with E-state index >= 15 is 0 Å². The van der Waals surface area contributed by atoms with Crippen LogP contribution in [0.4, 0.5) is 11.4 Å². The number of nitro groups is 1. The Hall–Kier alpha value is -1.87. The molecular formula is C13H12BrN3O4S. The second-order valence-electron chi connectivity index (χ2n) is 4.38. The number of rotatable bonds is 5. The maximum Gasteiger partial charge on any atom is 0.270 e. The van der Waals surface area contributed by atoms with Gasteiger partial charge in [0.1, 0.15) is 5.76 Å². The lowest BCUT2D eigenvalue weighted by Gasteiger charge is -2.06. The van der Waals surface area contributed by atoms with E-state index < -0.39 is 4.92 Å². The SMILES string of the molecule is Cc1nc(SCC(=O)Nc2ccc([N+](=O)[O-])cc2Br)oc1C. The molecule has 9 heteroatoms. The minimum absolute atomic E-state index is 0.0509. The molecule has 0 unspecified atom stereocenters. The number of carbonyl (C=O) groups excluding carboxylic acids is 1. The standard InChI is InChI=1S/C13H12BrN3O4S/c1-7-8(2)21-13(15-7)22-6-12(18)16-11-4-3-9(17(19)20)5-10(11)14/h3-5H,6H2,1-2H3,(H,16,18). The molecule has 1 amide bonds. The number of anilines is 1. The Kier molecular flexibility index (Phi) is 5.19. The van der Waals surface area contributed by atoms with Gasteiger partial charge in [-0.05, 0) is 35.8 Å². The average molecular weight is 386 g/mol. The third-order valence-electron chi connectivity index (χ3n) is 2.77. The number of non-ortho nitro benzene ring substituents is 1. The van der Waals surface area contributed by atoms with Crippen LogP contribution in [-0.2, 0) is 4.79 Å². The Balaban J connectivity index is 1.96. The maximum absolute atomic E-state index is 11.9. The molecule has 0 atom stereocenters. The molecule has 0 spiro atoms. The van der Waals surface area contributed by atoms with Gasteiger partial charge in [-0.2, -0.15) is 0 Å². The van der Waals surface area contributed by atoms with Gasteiger partial charge in [0.25, 0.3) is 10.9 Å². The molecule has 0 aliphatic carbocycles. The van der Waals surface area contributed by atoms with Crippen LogP contribution in [0.15, 0.2) is 32.3 Å².